The molecule has 0 aromatic heterocycles. The highest BCUT2D eigenvalue weighted by Crippen LogP contribution is 2.09. The van der Waals surface area contributed by atoms with Crippen LogP contribution in [-0.2, 0) is 24.0 Å². The Morgan fingerprint density at radius 1 is 1.18 bits per heavy atom. The number of hydrogen-bond acceptors (Lipinski definition) is 6. The van der Waals surface area contributed by atoms with Crippen molar-refractivity contribution in [2.24, 2.45) is 0 Å². The topological polar surface area (TPSA) is 94.4 Å². The monoisotopic (exact) mass is 315 g/mol. The Labute approximate surface area is 129 Å². The van der Waals surface area contributed by atoms with E-state index in [9.17, 15) is 19.2 Å². The van der Waals surface area contributed by atoms with Gasteiger partial charge >= 0.3 is 23.9 Å². The van der Waals surface area contributed by atoms with Gasteiger partial charge in [0.05, 0.1) is 19.3 Å². The van der Waals surface area contributed by atoms with Crippen LogP contribution in [0.4, 0.5) is 4.79 Å². The highest BCUT2D eigenvalue weighted by atomic mass is 16.7. The molecule has 0 radical (unpaired) electrons. The Morgan fingerprint density at radius 3 is 2.23 bits per heavy atom. The van der Waals surface area contributed by atoms with Gasteiger partial charge in [0.1, 0.15) is 5.60 Å². The third-order valence-electron chi connectivity index (χ3n) is 2.88. The van der Waals surface area contributed by atoms with E-state index in [-0.39, 0.29) is 24.3 Å². The summed E-state index contributed by atoms with van der Waals surface area (Å²) < 4.78 is 5.17. The lowest BCUT2D eigenvalue weighted by Crippen LogP contribution is -3.14. The summed E-state index contributed by atoms with van der Waals surface area (Å²) in [5.74, 6) is -1.50. The summed E-state index contributed by atoms with van der Waals surface area (Å²) in [6, 6.07) is 0. The van der Waals surface area contributed by atoms with E-state index >= 15 is 0 Å². The molecule has 124 valence electrons. The molecule has 0 aliphatic carbocycles. The average Bonchev–Trinajstić information content (AvgIpc) is 2.68. The summed E-state index contributed by atoms with van der Waals surface area (Å²) in [6.07, 6.45) is 0.0870. The van der Waals surface area contributed by atoms with Gasteiger partial charge in [-0.05, 0) is 32.3 Å². The van der Waals surface area contributed by atoms with Crippen molar-refractivity contribution in [3.63, 3.8) is 0 Å². The fourth-order valence-electron chi connectivity index (χ4n) is 1.78. The minimum absolute atomic E-state index is 0.0111. The quantitative estimate of drug-likeness (QED) is 0.708. The number of carbonyl (C=O) groups is 4. The Hall–Kier alpha value is -1.96. The molecule has 0 spiro atoms. The van der Waals surface area contributed by atoms with E-state index in [1.807, 2.05) is 0 Å². The Bertz CT molecular complexity index is 452. The smallest absolute Gasteiger partial charge is 0.410 e. The average molecular weight is 315 g/mol. The van der Waals surface area contributed by atoms with E-state index in [0.29, 0.717) is 13.0 Å². The molecule has 0 aromatic carbocycles. The lowest BCUT2D eigenvalue weighted by atomic mass is 10.2. The standard InChI is InChI=1S/C14H22N2O6/c1-14(2,3)21-13(20)15(4)9-5-6-12(19)22-16-10(17)7-8-11(16)18/h5-9H2,1-4H3/p+1. The van der Waals surface area contributed by atoms with Crippen LogP contribution in [0.1, 0.15) is 46.5 Å². The van der Waals surface area contributed by atoms with E-state index in [2.05, 4.69) is 0 Å². The fraction of sp³-hybridized carbons (Fsp3) is 0.714. The van der Waals surface area contributed by atoms with Gasteiger partial charge in [0, 0.05) is 13.6 Å². The molecule has 8 heteroatoms. The highest BCUT2D eigenvalue weighted by Gasteiger charge is 2.39. The molecule has 1 heterocycles. The van der Waals surface area contributed by atoms with Crippen molar-refractivity contribution in [2.75, 3.05) is 13.6 Å². The Kier molecular flexibility index (Phi) is 6.04. The number of quaternary nitrogens is 1. The predicted molar refractivity (Wildman–Crippen MR) is 74.4 cm³/mol. The summed E-state index contributed by atoms with van der Waals surface area (Å²) in [5, 5.41) is -0.356. The van der Waals surface area contributed by atoms with Gasteiger partial charge in [0.15, 0.2) is 0 Å². The van der Waals surface area contributed by atoms with Crippen molar-refractivity contribution < 1.29 is 33.8 Å². The molecule has 1 aliphatic heterocycles. The molecule has 1 saturated heterocycles. The third kappa shape index (κ3) is 5.80. The van der Waals surface area contributed by atoms with E-state index in [4.69, 9.17) is 9.57 Å². The summed E-state index contributed by atoms with van der Waals surface area (Å²) in [6.45, 7) is 5.61. The summed E-state index contributed by atoms with van der Waals surface area (Å²) in [4.78, 5) is 52.1. The van der Waals surface area contributed by atoms with Crippen LogP contribution in [-0.4, -0.2) is 48.0 Å². The summed E-state index contributed by atoms with van der Waals surface area (Å²) in [5.41, 5.74) is -0.579. The molecular weight excluding hydrogens is 292 g/mol. The van der Waals surface area contributed by atoms with Gasteiger partial charge in [0.25, 0.3) is 0 Å². The normalized spacial score (nSPS) is 15.8. The van der Waals surface area contributed by atoms with Crippen LogP contribution in [0.25, 0.3) is 0 Å². The van der Waals surface area contributed by atoms with Gasteiger partial charge in [-0.1, -0.05) is 0 Å². The number of carbonyl (C=O) groups excluding carboxylic acids is 4. The van der Waals surface area contributed by atoms with Gasteiger partial charge in [-0.3, -0.25) is 4.84 Å². The second kappa shape index (κ2) is 7.35. The van der Waals surface area contributed by atoms with Crippen molar-refractivity contribution in [3.05, 3.63) is 0 Å². The summed E-state index contributed by atoms with van der Waals surface area (Å²) >= 11 is 0. The third-order valence-corrected chi connectivity index (χ3v) is 2.88. The zero-order valence-corrected chi connectivity index (χ0v) is 13.4. The molecule has 1 rings (SSSR count). The van der Waals surface area contributed by atoms with Crippen LogP contribution in [0.15, 0.2) is 0 Å². The summed E-state index contributed by atoms with van der Waals surface area (Å²) in [7, 11) is 1.57. The van der Waals surface area contributed by atoms with E-state index in [1.54, 1.807) is 27.8 Å². The number of nitrogens with one attached hydrogen (secondary N) is 1. The van der Waals surface area contributed by atoms with Crippen molar-refractivity contribution >= 4 is 23.9 Å². The molecule has 8 nitrogen and oxygen atoms in total. The lowest BCUT2D eigenvalue weighted by molar-refractivity contribution is -0.934. The first-order valence-electron chi connectivity index (χ1n) is 7.18. The molecule has 1 N–H and O–H groups in total. The zero-order valence-electron chi connectivity index (χ0n) is 13.4. The van der Waals surface area contributed by atoms with Gasteiger partial charge in [0.2, 0.25) is 0 Å². The first kappa shape index (κ1) is 18.1. The van der Waals surface area contributed by atoms with Crippen LogP contribution in [0, 0.1) is 0 Å². The van der Waals surface area contributed by atoms with Crippen LogP contribution in [0.5, 0.6) is 0 Å². The van der Waals surface area contributed by atoms with E-state index in [0.717, 1.165) is 0 Å². The van der Waals surface area contributed by atoms with Crippen LogP contribution in [0.3, 0.4) is 0 Å². The number of hydrogen-bond donors (Lipinski definition) is 1. The van der Waals surface area contributed by atoms with Crippen LogP contribution >= 0.6 is 0 Å². The van der Waals surface area contributed by atoms with E-state index in [1.165, 1.54) is 4.90 Å². The number of nitrogens with zero attached hydrogens (tertiary/aromatic N) is 1. The van der Waals surface area contributed by atoms with E-state index < -0.39 is 29.5 Å². The molecule has 3 amide bonds. The molecule has 1 aliphatic rings. The molecule has 0 saturated carbocycles. The van der Waals surface area contributed by atoms with Gasteiger partial charge in [-0.25, -0.2) is 19.2 Å². The maximum Gasteiger partial charge on any atom is 0.410 e. The second-order valence-electron chi connectivity index (χ2n) is 6.15. The molecule has 0 aromatic rings. The second-order valence-corrected chi connectivity index (χ2v) is 6.15. The number of amides is 3. The highest BCUT2D eigenvalue weighted by molar-refractivity contribution is 5.88. The first-order chi connectivity index (χ1) is 10.1. The number of imide groups is 1. The van der Waals surface area contributed by atoms with Gasteiger partial charge < -0.3 is 9.64 Å². The first-order valence-corrected chi connectivity index (χ1v) is 7.18. The fourth-order valence-corrected chi connectivity index (χ4v) is 1.78. The molecule has 0 bridgehead atoms. The van der Waals surface area contributed by atoms with Gasteiger partial charge in [-0.2, -0.15) is 0 Å². The molecule has 1 fully saturated rings. The Morgan fingerprint density at radius 2 is 1.73 bits per heavy atom. The van der Waals surface area contributed by atoms with Crippen molar-refractivity contribution in [3.8, 4) is 0 Å². The molecule has 0 unspecified atom stereocenters. The van der Waals surface area contributed by atoms with Crippen LogP contribution < -0.4 is 5.06 Å². The minimum atomic E-state index is -0.642. The van der Waals surface area contributed by atoms with Gasteiger partial charge in [-0.15, -0.1) is 0 Å². The van der Waals surface area contributed by atoms with Crippen molar-refractivity contribution in [1.82, 2.24) is 4.90 Å². The molecular formula is C14H23N2O6+. The molecule has 0 atom stereocenters. The largest absolute Gasteiger partial charge is 0.444 e. The number of hydroxylamine groups is 2. The van der Waals surface area contributed by atoms with Crippen molar-refractivity contribution in [1.29, 1.82) is 0 Å². The maximum atomic E-state index is 11.7. The maximum absolute atomic E-state index is 11.7. The SMILES string of the molecule is CN(CCCC(=O)O[NH+]1C(=O)CCC1=O)C(=O)OC(C)(C)C. The number of rotatable bonds is 5. The van der Waals surface area contributed by atoms with Crippen molar-refractivity contribution in [2.45, 2.75) is 52.1 Å². The minimum Gasteiger partial charge on any atom is -0.444 e. The predicted octanol–water partition coefficient (Wildman–Crippen LogP) is -0.176. The Balaban J connectivity index is 2.29. The molecule has 22 heavy (non-hydrogen) atoms. The number of ether oxygens (including phenoxy) is 1. The lowest BCUT2D eigenvalue weighted by Gasteiger charge is -2.24. The zero-order chi connectivity index (χ0) is 16.9. The van der Waals surface area contributed by atoms with Crippen LogP contribution in [0.2, 0.25) is 0 Å².